The van der Waals surface area contributed by atoms with Gasteiger partial charge in [-0.05, 0) is 19.1 Å². The van der Waals surface area contributed by atoms with Crippen LogP contribution in [0.5, 0.6) is 0 Å². The fraction of sp³-hybridized carbons (Fsp3) is 0.400. The largest absolute Gasteiger partial charge is 0.392 e. The van der Waals surface area contributed by atoms with Gasteiger partial charge in [-0.25, -0.2) is 8.42 Å². The Morgan fingerprint density at radius 3 is 2.53 bits per heavy atom. The van der Waals surface area contributed by atoms with Gasteiger partial charge < -0.3 is 10.4 Å². The van der Waals surface area contributed by atoms with Crippen molar-refractivity contribution in [3.8, 4) is 0 Å². The molecule has 84 valence electrons. The maximum absolute atomic E-state index is 11.4. The third-order valence-corrected chi connectivity index (χ3v) is 3.03. The summed E-state index contributed by atoms with van der Waals surface area (Å²) >= 11 is 0. The van der Waals surface area contributed by atoms with Crippen molar-refractivity contribution < 1.29 is 13.5 Å². The second kappa shape index (κ2) is 4.63. The van der Waals surface area contributed by atoms with Crippen LogP contribution in [0.15, 0.2) is 29.2 Å². The normalized spacial score (nSPS) is 13.5. The van der Waals surface area contributed by atoms with E-state index < -0.39 is 15.9 Å². The molecule has 0 aromatic heterocycles. The molecule has 0 heterocycles. The van der Waals surface area contributed by atoms with Gasteiger partial charge in [0.2, 0.25) is 0 Å². The van der Waals surface area contributed by atoms with Crippen molar-refractivity contribution in [3.05, 3.63) is 24.3 Å². The van der Waals surface area contributed by atoms with Crippen LogP contribution in [0.1, 0.15) is 6.92 Å². The minimum Gasteiger partial charge on any atom is -0.392 e. The molecule has 0 amide bonds. The van der Waals surface area contributed by atoms with E-state index >= 15 is 0 Å². The SMILES string of the molecule is C[C@@H](O)CNc1ccccc1S(C)(=O)=O. The van der Waals surface area contributed by atoms with Crippen molar-refractivity contribution >= 4 is 15.5 Å². The topological polar surface area (TPSA) is 66.4 Å². The van der Waals surface area contributed by atoms with Crippen LogP contribution >= 0.6 is 0 Å². The molecule has 4 nitrogen and oxygen atoms in total. The van der Waals surface area contributed by atoms with Gasteiger partial charge in [0.05, 0.1) is 16.7 Å². The number of nitrogens with one attached hydrogen (secondary N) is 1. The minimum absolute atomic E-state index is 0.255. The average molecular weight is 229 g/mol. The Labute approximate surface area is 89.9 Å². The van der Waals surface area contributed by atoms with E-state index in [0.717, 1.165) is 6.26 Å². The van der Waals surface area contributed by atoms with E-state index in [-0.39, 0.29) is 4.90 Å². The Hall–Kier alpha value is -1.07. The first-order valence-electron chi connectivity index (χ1n) is 4.62. The second-order valence-electron chi connectivity index (χ2n) is 3.50. The third-order valence-electron chi connectivity index (χ3n) is 1.87. The summed E-state index contributed by atoms with van der Waals surface area (Å²) in [5, 5.41) is 12.0. The van der Waals surface area contributed by atoms with Crippen LogP contribution in [-0.2, 0) is 9.84 Å². The summed E-state index contributed by atoms with van der Waals surface area (Å²) in [6, 6.07) is 6.64. The molecule has 15 heavy (non-hydrogen) atoms. The molecule has 1 atom stereocenters. The molecule has 0 aliphatic carbocycles. The van der Waals surface area contributed by atoms with Crippen molar-refractivity contribution in [3.63, 3.8) is 0 Å². The van der Waals surface area contributed by atoms with Gasteiger partial charge in [-0.3, -0.25) is 0 Å². The van der Waals surface area contributed by atoms with Crippen molar-refractivity contribution in [2.75, 3.05) is 18.1 Å². The molecule has 2 N–H and O–H groups in total. The lowest BCUT2D eigenvalue weighted by atomic mass is 10.3. The maximum Gasteiger partial charge on any atom is 0.177 e. The summed E-state index contributed by atoms with van der Waals surface area (Å²) in [6.07, 6.45) is 0.646. The monoisotopic (exact) mass is 229 g/mol. The molecule has 0 saturated carbocycles. The molecule has 0 bridgehead atoms. The number of para-hydroxylation sites is 1. The highest BCUT2D eigenvalue weighted by Crippen LogP contribution is 2.20. The molecule has 5 heteroatoms. The quantitative estimate of drug-likeness (QED) is 0.804. The van der Waals surface area contributed by atoms with Crippen LogP contribution in [0.25, 0.3) is 0 Å². The van der Waals surface area contributed by atoms with E-state index in [4.69, 9.17) is 5.11 Å². The maximum atomic E-state index is 11.4. The Kier molecular flexibility index (Phi) is 3.71. The highest BCUT2D eigenvalue weighted by molar-refractivity contribution is 7.90. The molecular weight excluding hydrogens is 214 g/mol. The number of hydrogen-bond acceptors (Lipinski definition) is 4. The fourth-order valence-corrected chi connectivity index (χ4v) is 2.06. The molecule has 0 saturated heterocycles. The van der Waals surface area contributed by atoms with Crippen LogP contribution in [0.3, 0.4) is 0 Å². The van der Waals surface area contributed by atoms with Gasteiger partial charge in [0, 0.05) is 12.8 Å². The highest BCUT2D eigenvalue weighted by Gasteiger charge is 2.12. The van der Waals surface area contributed by atoms with Gasteiger partial charge in [-0.2, -0.15) is 0 Å². The van der Waals surface area contributed by atoms with Crippen LogP contribution < -0.4 is 5.32 Å². The smallest absolute Gasteiger partial charge is 0.177 e. The van der Waals surface area contributed by atoms with E-state index in [1.807, 2.05) is 0 Å². The Balaban J connectivity index is 2.98. The summed E-state index contributed by atoms with van der Waals surface area (Å²) in [6.45, 7) is 1.96. The molecule has 0 fully saturated rings. The van der Waals surface area contributed by atoms with Crippen molar-refractivity contribution in [1.29, 1.82) is 0 Å². The summed E-state index contributed by atoms with van der Waals surface area (Å²) < 4.78 is 22.8. The first-order chi connectivity index (χ1) is 6.91. The summed E-state index contributed by atoms with van der Waals surface area (Å²) in [5.41, 5.74) is 0.529. The molecule has 0 spiro atoms. The standard InChI is InChI=1S/C10H15NO3S/c1-8(12)7-11-9-5-3-4-6-10(9)15(2,13)14/h3-6,8,11-12H,7H2,1-2H3/t8-/m1/s1. The predicted molar refractivity (Wildman–Crippen MR) is 59.7 cm³/mol. The first-order valence-corrected chi connectivity index (χ1v) is 6.51. The van der Waals surface area contributed by atoms with E-state index in [1.54, 1.807) is 31.2 Å². The number of benzene rings is 1. The average Bonchev–Trinajstić information content (AvgIpc) is 2.13. The number of rotatable bonds is 4. The zero-order chi connectivity index (χ0) is 11.5. The van der Waals surface area contributed by atoms with Crippen molar-refractivity contribution in [1.82, 2.24) is 0 Å². The molecule has 0 unspecified atom stereocenters. The molecule has 1 rings (SSSR count). The number of aliphatic hydroxyl groups excluding tert-OH is 1. The second-order valence-corrected chi connectivity index (χ2v) is 5.48. The van der Waals surface area contributed by atoms with Crippen LogP contribution in [0.4, 0.5) is 5.69 Å². The van der Waals surface area contributed by atoms with E-state index in [0.29, 0.717) is 12.2 Å². The lowest BCUT2D eigenvalue weighted by Gasteiger charge is -2.11. The van der Waals surface area contributed by atoms with Gasteiger partial charge in [-0.1, -0.05) is 12.1 Å². The van der Waals surface area contributed by atoms with Gasteiger partial charge in [-0.15, -0.1) is 0 Å². The summed E-state index contributed by atoms with van der Waals surface area (Å²) in [7, 11) is -3.23. The lowest BCUT2D eigenvalue weighted by Crippen LogP contribution is -2.16. The minimum atomic E-state index is -3.23. The Bertz CT molecular complexity index is 426. The zero-order valence-electron chi connectivity index (χ0n) is 8.77. The van der Waals surface area contributed by atoms with Crippen LogP contribution in [0, 0.1) is 0 Å². The Morgan fingerprint density at radius 1 is 1.40 bits per heavy atom. The van der Waals surface area contributed by atoms with E-state index in [9.17, 15) is 8.42 Å². The summed E-state index contributed by atoms with van der Waals surface area (Å²) in [4.78, 5) is 0.255. The third kappa shape index (κ3) is 3.53. The number of sulfone groups is 1. The number of hydrogen-bond donors (Lipinski definition) is 2. The van der Waals surface area contributed by atoms with Gasteiger partial charge >= 0.3 is 0 Å². The van der Waals surface area contributed by atoms with Gasteiger partial charge in [0.1, 0.15) is 0 Å². The highest BCUT2D eigenvalue weighted by atomic mass is 32.2. The van der Waals surface area contributed by atoms with E-state index in [1.165, 1.54) is 0 Å². The lowest BCUT2D eigenvalue weighted by molar-refractivity contribution is 0.208. The molecule has 1 aromatic carbocycles. The predicted octanol–water partition coefficient (Wildman–Crippen LogP) is 0.883. The van der Waals surface area contributed by atoms with Gasteiger partial charge in [0.15, 0.2) is 9.84 Å². The molecular formula is C10H15NO3S. The van der Waals surface area contributed by atoms with Gasteiger partial charge in [0.25, 0.3) is 0 Å². The molecule has 0 radical (unpaired) electrons. The van der Waals surface area contributed by atoms with Crippen LogP contribution in [-0.4, -0.2) is 32.4 Å². The fourth-order valence-electron chi connectivity index (χ4n) is 1.19. The number of anilines is 1. The molecule has 0 aliphatic heterocycles. The van der Waals surface area contributed by atoms with Crippen molar-refractivity contribution in [2.24, 2.45) is 0 Å². The number of aliphatic hydroxyl groups is 1. The first kappa shape index (κ1) is 12.0. The van der Waals surface area contributed by atoms with Crippen LogP contribution in [0.2, 0.25) is 0 Å². The van der Waals surface area contributed by atoms with E-state index in [2.05, 4.69) is 5.32 Å². The Morgan fingerprint density at radius 2 is 2.00 bits per heavy atom. The molecule has 0 aliphatic rings. The summed E-state index contributed by atoms with van der Waals surface area (Å²) in [5.74, 6) is 0. The molecule has 1 aromatic rings. The zero-order valence-corrected chi connectivity index (χ0v) is 9.58. The van der Waals surface area contributed by atoms with Crippen molar-refractivity contribution in [2.45, 2.75) is 17.9 Å².